The van der Waals surface area contributed by atoms with Crippen molar-refractivity contribution in [2.24, 2.45) is 14.1 Å². The summed E-state index contributed by atoms with van der Waals surface area (Å²) in [5.41, 5.74) is 6.91. The summed E-state index contributed by atoms with van der Waals surface area (Å²) in [6, 6.07) is 36.7. The van der Waals surface area contributed by atoms with Gasteiger partial charge in [-0.15, -0.1) is 22.7 Å². The van der Waals surface area contributed by atoms with Crippen LogP contribution in [0.4, 0.5) is 26.3 Å². The molecule has 5 aromatic carbocycles. The minimum atomic E-state index is -5.75. The van der Waals surface area contributed by atoms with E-state index in [1.54, 1.807) is 107 Å². The van der Waals surface area contributed by atoms with E-state index in [4.69, 9.17) is 4.74 Å². The predicted molar refractivity (Wildman–Crippen MR) is 349 cm³/mol. The molecular weight excluding hydrogens is 1200 g/mol. The van der Waals surface area contributed by atoms with Crippen molar-refractivity contribution in [1.82, 2.24) is 18.9 Å². The number of halogens is 6. The Balaban J connectivity index is 0.897. The number of imide groups is 2. The highest BCUT2D eigenvalue weighted by molar-refractivity contribution is 7.16. The highest BCUT2D eigenvalue weighted by Crippen LogP contribution is 2.66. The number of methoxy groups -OCH3 is 1. The van der Waals surface area contributed by atoms with Gasteiger partial charge in [-0.2, -0.15) is 26.3 Å². The number of hydrogen-bond acceptors (Lipinski definition) is 7. The number of fused-ring (bicyclic) bond motifs is 2. The Kier molecular flexibility index (Phi) is 15.4. The zero-order chi connectivity index (χ0) is 65.1. The molecule has 2 saturated heterocycles. The molecule has 2 fully saturated rings. The molecule has 91 heavy (non-hydrogen) atoms. The maximum Gasteiger partial charge on any atom is 0.380 e. The first-order valence-electron chi connectivity index (χ1n) is 29.2. The van der Waals surface area contributed by atoms with Gasteiger partial charge in [-0.3, -0.25) is 29.0 Å². The van der Waals surface area contributed by atoms with Crippen LogP contribution in [-0.2, 0) is 46.4 Å². The molecule has 6 heterocycles. The molecule has 0 radical (unpaired) electrons. The lowest BCUT2D eigenvalue weighted by Crippen LogP contribution is -2.48. The van der Waals surface area contributed by atoms with Gasteiger partial charge >= 0.3 is 17.8 Å². The van der Waals surface area contributed by atoms with Crippen LogP contribution in [0.25, 0.3) is 66.0 Å². The van der Waals surface area contributed by atoms with Gasteiger partial charge in [-0.1, -0.05) is 77.6 Å². The second-order valence-corrected chi connectivity index (χ2v) is 26.2. The summed E-state index contributed by atoms with van der Waals surface area (Å²) in [5, 5.41) is 2.02. The maximum absolute atomic E-state index is 16.2. The molecule has 9 aromatic rings. The van der Waals surface area contributed by atoms with Gasteiger partial charge in [0.15, 0.2) is 0 Å². The Labute approximate surface area is 530 Å². The van der Waals surface area contributed by atoms with Crippen molar-refractivity contribution >= 4 is 91.4 Å². The van der Waals surface area contributed by atoms with E-state index in [1.165, 1.54) is 42.9 Å². The molecule has 460 valence electrons. The fourth-order valence-electron chi connectivity index (χ4n) is 12.8. The fourth-order valence-corrected chi connectivity index (χ4v) is 14.8. The van der Waals surface area contributed by atoms with Crippen LogP contribution in [0.15, 0.2) is 161 Å². The van der Waals surface area contributed by atoms with Crippen LogP contribution in [0.1, 0.15) is 93.3 Å². The Hall–Kier alpha value is -9.50. The highest BCUT2D eigenvalue weighted by Gasteiger charge is 2.80. The molecule has 9 nitrogen and oxygen atoms in total. The summed E-state index contributed by atoms with van der Waals surface area (Å²) in [6.07, 6.45) is 3.53. The van der Waals surface area contributed by atoms with Gasteiger partial charge in [0.2, 0.25) is 0 Å². The van der Waals surface area contributed by atoms with Crippen molar-refractivity contribution in [3.05, 3.63) is 226 Å². The zero-order valence-corrected chi connectivity index (χ0v) is 53.2. The molecule has 4 aromatic heterocycles. The molecule has 3 aliphatic rings. The van der Waals surface area contributed by atoms with Crippen LogP contribution in [0, 0.1) is 39.5 Å². The first kappa shape index (κ1) is 61.7. The molecule has 2 aliphatic heterocycles. The van der Waals surface area contributed by atoms with E-state index < -0.39 is 63.7 Å². The molecule has 0 unspecified atom stereocenters. The van der Waals surface area contributed by atoms with Crippen LogP contribution in [0.5, 0.6) is 5.75 Å². The van der Waals surface area contributed by atoms with Crippen molar-refractivity contribution in [1.29, 1.82) is 0 Å². The largest absolute Gasteiger partial charge is 0.497 e. The number of likely N-dealkylation sites (tertiary alicyclic amines) is 2. The summed E-state index contributed by atoms with van der Waals surface area (Å²) in [6.45, 7) is 13.6. The van der Waals surface area contributed by atoms with Crippen molar-refractivity contribution in [3.63, 3.8) is 0 Å². The molecule has 12 rings (SSSR count). The average Bonchev–Trinajstić information content (AvgIpc) is 1.53. The third-order valence-corrected chi connectivity index (χ3v) is 19.7. The summed E-state index contributed by atoms with van der Waals surface area (Å²) in [7, 11) is 5.30. The second kappa shape index (κ2) is 22.8. The summed E-state index contributed by atoms with van der Waals surface area (Å²) >= 11 is 2.02. The number of amides is 4. The van der Waals surface area contributed by atoms with Crippen molar-refractivity contribution in [2.45, 2.75) is 86.2 Å². The van der Waals surface area contributed by atoms with E-state index in [0.29, 0.717) is 60.0 Å². The topological polar surface area (TPSA) is 93.8 Å². The fraction of sp³-hybridized carbons (Fsp3) is 0.216. The van der Waals surface area contributed by atoms with E-state index in [9.17, 15) is 19.2 Å². The smallest absolute Gasteiger partial charge is 0.380 e. The Morgan fingerprint density at radius 2 is 0.912 bits per heavy atom. The number of carbonyl (C=O) groups is 4. The van der Waals surface area contributed by atoms with Crippen LogP contribution in [-0.4, -0.2) is 67.4 Å². The van der Waals surface area contributed by atoms with Gasteiger partial charge in [-0.25, -0.2) is 0 Å². The van der Waals surface area contributed by atoms with Crippen molar-refractivity contribution in [2.75, 3.05) is 7.11 Å². The van der Waals surface area contributed by atoms with Crippen LogP contribution >= 0.6 is 22.7 Å². The number of para-hydroxylation sites is 2. The monoisotopic (exact) mass is 1260 g/mol. The second-order valence-electron chi connectivity index (χ2n) is 23.7. The Morgan fingerprint density at radius 1 is 0.516 bits per heavy atom. The molecule has 0 spiro atoms. The lowest BCUT2D eigenvalue weighted by atomic mass is 9.94. The van der Waals surface area contributed by atoms with Gasteiger partial charge in [0.25, 0.3) is 23.6 Å². The van der Waals surface area contributed by atoms with Crippen molar-refractivity contribution in [3.8, 4) is 38.5 Å². The van der Waals surface area contributed by atoms with E-state index in [0.717, 1.165) is 67.0 Å². The summed E-state index contributed by atoms with van der Waals surface area (Å²) < 4.78 is 105. The number of hydrogen-bond donors (Lipinski definition) is 0. The van der Waals surface area contributed by atoms with Gasteiger partial charge in [0.05, 0.1) is 42.5 Å². The number of rotatable bonds is 11. The zero-order valence-electron chi connectivity index (χ0n) is 51.6. The van der Waals surface area contributed by atoms with Gasteiger partial charge in [0.1, 0.15) is 5.75 Å². The van der Waals surface area contributed by atoms with Gasteiger partial charge in [-0.05, 0) is 185 Å². The number of allylic oxidation sites excluding steroid dienone is 4. The molecule has 0 bridgehead atoms. The number of carbonyl (C=O) groups excluding carboxylic acids is 4. The lowest BCUT2D eigenvalue weighted by molar-refractivity contribution is -0.254. The molecule has 1 aliphatic carbocycles. The number of aryl methyl sites for hydroxylation is 6. The van der Waals surface area contributed by atoms with E-state index in [2.05, 4.69) is 11.8 Å². The number of nitrogens with zero attached hydrogens (tertiary/aromatic N) is 4. The van der Waals surface area contributed by atoms with Crippen LogP contribution in [0.2, 0.25) is 0 Å². The third kappa shape index (κ3) is 10.1. The number of alkyl halides is 6. The summed E-state index contributed by atoms with van der Waals surface area (Å²) in [4.78, 5) is 62.0. The Morgan fingerprint density at radius 3 is 1.31 bits per heavy atom. The number of benzene rings is 5. The van der Waals surface area contributed by atoms with Crippen molar-refractivity contribution < 1.29 is 50.3 Å². The molecule has 0 atom stereocenters. The molecule has 0 N–H and O–H groups in total. The summed E-state index contributed by atoms with van der Waals surface area (Å²) in [5.74, 6) is -11.4. The van der Waals surface area contributed by atoms with Gasteiger partial charge < -0.3 is 13.9 Å². The molecular formula is C74H60F6N4O5S2. The Bertz CT molecular complexity index is 4620. The quantitative estimate of drug-likeness (QED) is 0.0557. The first-order chi connectivity index (χ1) is 43.1. The maximum atomic E-state index is 16.2. The first-order valence-corrected chi connectivity index (χ1v) is 30.9. The third-order valence-electron chi connectivity index (χ3n) is 17.5. The highest BCUT2D eigenvalue weighted by atomic mass is 32.1. The normalized spacial score (nSPS) is 17.1. The predicted octanol–water partition coefficient (Wildman–Crippen LogP) is 17.2. The number of aromatic nitrogens is 2. The van der Waals surface area contributed by atoms with Gasteiger partial charge in [0, 0.05) is 89.1 Å². The number of thiophene rings is 2. The van der Waals surface area contributed by atoms with E-state index in [-0.39, 0.29) is 45.1 Å². The molecule has 4 amide bonds. The average molecular weight is 1260 g/mol. The van der Waals surface area contributed by atoms with Crippen LogP contribution < -0.4 is 4.74 Å². The van der Waals surface area contributed by atoms with E-state index in [1.807, 2.05) is 85.6 Å². The minimum absolute atomic E-state index is 0.126. The molecule has 0 saturated carbocycles. The standard InChI is InChI=1S/C74H60F6N4O5S2/c1-39(2)64-56(33-60-41(5)52-16-12-14-18-58(52)81(60)9)68(85)83(70(64)87)37-47-30-46(31-48(32-47)38-84-69(86)57(65(40(3)4)71(84)88)34-61-42(6)53-17-13-15-19-59(53)82(61)10)21-20-45-22-24-49(25-23-45)62-35-54(43(7)90-62)66-67(73(77,78)74(79,80)72(66,75)76)55-36-63(91-44(55)8)50-26-28-51(89-11)29-27-50/h12-19,22-36H,37-38H2,1-11H3/b56-33-,57-34+. The number of ether oxygens (including phenoxy) is 1. The van der Waals surface area contributed by atoms with Crippen LogP contribution in [0.3, 0.4) is 0 Å². The minimum Gasteiger partial charge on any atom is -0.497 e. The SMILES string of the molecule is COc1ccc(-c2cc(C3=C(c4cc(-c5ccc(C#Cc6cc(CN7C(=O)C(=C(C)C)/C(=C/c8c(C)c9ccccc9n8C)C7=O)cc(CN7C(=O)C(=C(C)C)/C(=C\c8c(C)c9ccccc9n8C)C7=O)c6)cc5)sc4C)C(F)(F)C(F)(F)C3(F)F)c(C)s2)cc1. The lowest BCUT2D eigenvalue weighted by Gasteiger charge is -2.25. The molecule has 17 heteroatoms. The van der Waals surface area contributed by atoms with E-state index >= 15 is 26.3 Å².